The van der Waals surface area contributed by atoms with Crippen molar-refractivity contribution in [2.24, 2.45) is 0 Å². The minimum absolute atomic E-state index is 0.148. The maximum Gasteiger partial charge on any atom is 0.314 e. The van der Waals surface area contributed by atoms with Gasteiger partial charge in [-0.05, 0) is 19.2 Å². The number of nitro groups is 1. The lowest BCUT2D eigenvalue weighted by atomic mass is 10.2. The molecule has 19 heavy (non-hydrogen) atoms. The van der Waals surface area contributed by atoms with E-state index in [9.17, 15) is 10.1 Å². The van der Waals surface area contributed by atoms with E-state index >= 15 is 0 Å². The molecule has 7 nitrogen and oxygen atoms in total. The molecule has 0 saturated carbocycles. The van der Waals surface area contributed by atoms with Gasteiger partial charge < -0.3 is 14.8 Å². The normalized spacial score (nSPS) is 11.4. The van der Waals surface area contributed by atoms with Gasteiger partial charge in [0.05, 0.1) is 36.8 Å². The quantitative estimate of drug-likeness (QED) is 0.592. The standard InChI is InChI=1S/C12H15N3O4/c1-14-9(8-13)5-6-19-10-3-4-12(18-2)11(7-10)15(16)17/h3-4,7,9,14H,5-6H2,1-2H3. The fourth-order valence-electron chi connectivity index (χ4n) is 1.47. The maximum atomic E-state index is 10.8. The van der Waals surface area contributed by atoms with E-state index < -0.39 is 4.92 Å². The first-order valence-corrected chi connectivity index (χ1v) is 5.64. The number of rotatable bonds is 7. The number of methoxy groups -OCH3 is 1. The average Bonchev–Trinajstić information content (AvgIpc) is 2.43. The lowest BCUT2D eigenvalue weighted by Gasteiger charge is -2.10. The number of hydrogen-bond donors (Lipinski definition) is 1. The summed E-state index contributed by atoms with van der Waals surface area (Å²) in [5.74, 6) is 0.558. The summed E-state index contributed by atoms with van der Waals surface area (Å²) in [5, 5.41) is 22.4. The van der Waals surface area contributed by atoms with Gasteiger partial charge in [0.1, 0.15) is 5.75 Å². The van der Waals surface area contributed by atoms with Crippen LogP contribution in [0.15, 0.2) is 18.2 Å². The van der Waals surface area contributed by atoms with E-state index in [1.807, 2.05) is 0 Å². The Morgan fingerprint density at radius 2 is 2.32 bits per heavy atom. The Morgan fingerprint density at radius 1 is 1.58 bits per heavy atom. The molecule has 1 aromatic rings. The highest BCUT2D eigenvalue weighted by Crippen LogP contribution is 2.30. The van der Waals surface area contributed by atoms with E-state index in [4.69, 9.17) is 14.7 Å². The molecule has 0 saturated heterocycles. The van der Waals surface area contributed by atoms with Crippen LogP contribution < -0.4 is 14.8 Å². The van der Waals surface area contributed by atoms with Crippen molar-refractivity contribution < 1.29 is 14.4 Å². The van der Waals surface area contributed by atoms with Crippen molar-refractivity contribution >= 4 is 5.69 Å². The first-order chi connectivity index (χ1) is 9.12. The van der Waals surface area contributed by atoms with E-state index in [1.165, 1.54) is 19.2 Å². The molecule has 0 aromatic heterocycles. The van der Waals surface area contributed by atoms with Crippen molar-refractivity contribution in [3.63, 3.8) is 0 Å². The second-order valence-corrected chi connectivity index (χ2v) is 3.70. The average molecular weight is 265 g/mol. The molecule has 1 aromatic carbocycles. The highest BCUT2D eigenvalue weighted by Gasteiger charge is 2.15. The number of hydrogen-bond acceptors (Lipinski definition) is 6. The van der Waals surface area contributed by atoms with E-state index in [2.05, 4.69) is 11.4 Å². The van der Waals surface area contributed by atoms with Crippen LogP contribution >= 0.6 is 0 Å². The van der Waals surface area contributed by atoms with Crippen molar-refractivity contribution in [3.8, 4) is 17.6 Å². The van der Waals surface area contributed by atoms with Crippen LogP contribution in [0.5, 0.6) is 11.5 Å². The molecule has 0 heterocycles. The Hall–Kier alpha value is -2.33. The summed E-state index contributed by atoms with van der Waals surface area (Å²) in [6, 6.07) is 6.14. The van der Waals surface area contributed by atoms with E-state index in [-0.39, 0.29) is 17.5 Å². The topological polar surface area (TPSA) is 97.4 Å². The minimum Gasteiger partial charge on any atom is -0.493 e. The molecule has 0 fully saturated rings. The van der Waals surface area contributed by atoms with Gasteiger partial charge >= 0.3 is 5.69 Å². The number of benzene rings is 1. The smallest absolute Gasteiger partial charge is 0.314 e. The summed E-state index contributed by atoms with van der Waals surface area (Å²) in [5.41, 5.74) is -0.148. The van der Waals surface area contributed by atoms with Crippen LogP contribution in [0.3, 0.4) is 0 Å². The van der Waals surface area contributed by atoms with Gasteiger partial charge in [-0.25, -0.2) is 0 Å². The summed E-state index contributed by atoms with van der Waals surface area (Å²) in [4.78, 5) is 10.3. The van der Waals surface area contributed by atoms with Gasteiger partial charge in [-0.1, -0.05) is 0 Å². The molecule has 0 aliphatic heterocycles. The molecule has 0 spiro atoms. The number of nitrogens with zero attached hydrogens (tertiary/aromatic N) is 2. The molecule has 1 atom stereocenters. The maximum absolute atomic E-state index is 10.8. The van der Waals surface area contributed by atoms with Gasteiger partial charge in [0.15, 0.2) is 5.75 Å². The third kappa shape index (κ3) is 4.12. The van der Waals surface area contributed by atoms with Crippen molar-refractivity contribution in [2.75, 3.05) is 20.8 Å². The van der Waals surface area contributed by atoms with Gasteiger partial charge in [0.2, 0.25) is 0 Å². The van der Waals surface area contributed by atoms with E-state index in [0.29, 0.717) is 18.8 Å². The lowest BCUT2D eigenvalue weighted by molar-refractivity contribution is -0.385. The zero-order valence-electron chi connectivity index (χ0n) is 10.8. The second kappa shape index (κ2) is 7.18. The van der Waals surface area contributed by atoms with Crippen LogP contribution in [0.1, 0.15) is 6.42 Å². The van der Waals surface area contributed by atoms with Crippen LogP contribution in [0.2, 0.25) is 0 Å². The summed E-state index contributed by atoms with van der Waals surface area (Å²) in [7, 11) is 3.05. The minimum atomic E-state index is -0.530. The zero-order valence-corrected chi connectivity index (χ0v) is 10.8. The van der Waals surface area contributed by atoms with Gasteiger partial charge in [-0.3, -0.25) is 10.1 Å². The lowest BCUT2D eigenvalue weighted by Crippen LogP contribution is -2.25. The predicted octanol–water partition coefficient (Wildman–Crippen LogP) is 1.48. The Labute approximate surface area is 110 Å². The van der Waals surface area contributed by atoms with Crippen LogP contribution in [0, 0.1) is 21.4 Å². The SMILES string of the molecule is CNC(C#N)CCOc1ccc(OC)c([N+](=O)[O-])c1. The molecule has 102 valence electrons. The number of nitriles is 1. The fraction of sp³-hybridized carbons (Fsp3) is 0.417. The summed E-state index contributed by atoms with van der Waals surface area (Å²) >= 11 is 0. The van der Waals surface area contributed by atoms with Gasteiger partial charge in [-0.2, -0.15) is 5.26 Å². The Morgan fingerprint density at radius 3 is 2.84 bits per heavy atom. The van der Waals surface area contributed by atoms with E-state index in [0.717, 1.165) is 0 Å². The van der Waals surface area contributed by atoms with Crippen LogP contribution in [-0.4, -0.2) is 31.7 Å². The molecule has 1 N–H and O–H groups in total. The largest absolute Gasteiger partial charge is 0.493 e. The third-order valence-corrected chi connectivity index (χ3v) is 2.53. The Bertz CT molecular complexity index is 484. The number of nitro benzene ring substituents is 1. The van der Waals surface area contributed by atoms with Crippen molar-refractivity contribution in [3.05, 3.63) is 28.3 Å². The van der Waals surface area contributed by atoms with Gasteiger partial charge in [-0.15, -0.1) is 0 Å². The zero-order chi connectivity index (χ0) is 14.3. The van der Waals surface area contributed by atoms with Gasteiger partial charge in [0, 0.05) is 6.42 Å². The monoisotopic (exact) mass is 265 g/mol. The highest BCUT2D eigenvalue weighted by molar-refractivity contribution is 5.50. The molecule has 7 heteroatoms. The number of ether oxygens (including phenoxy) is 2. The Kier molecular flexibility index (Phi) is 5.57. The summed E-state index contributed by atoms with van der Waals surface area (Å²) in [6.07, 6.45) is 0.493. The molecular formula is C12H15N3O4. The predicted molar refractivity (Wildman–Crippen MR) is 68.2 cm³/mol. The van der Waals surface area contributed by atoms with Crippen molar-refractivity contribution in [1.29, 1.82) is 5.26 Å². The molecule has 0 radical (unpaired) electrons. The summed E-state index contributed by atoms with van der Waals surface area (Å²) in [6.45, 7) is 0.294. The van der Waals surface area contributed by atoms with Crippen LogP contribution in [0.25, 0.3) is 0 Å². The highest BCUT2D eigenvalue weighted by atomic mass is 16.6. The third-order valence-electron chi connectivity index (χ3n) is 2.53. The number of nitrogens with one attached hydrogen (secondary N) is 1. The van der Waals surface area contributed by atoms with Crippen LogP contribution in [-0.2, 0) is 0 Å². The molecule has 1 rings (SSSR count). The van der Waals surface area contributed by atoms with Gasteiger partial charge in [0.25, 0.3) is 0 Å². The molecule has 1 unspecified atom stereocenters. The van der Waals surface area contributed by atoms with E-state index in [1.54, 1.807) is 13.1 Å². The molecule has 0 aliphatic rings. The molecule has 0 bridgehead atoms. The molecule has 0 amide bonds. The first-order valence-electron chi connectivity index (χ1n) is 5.64. The molecular weight excluding hydrogens is 250 g/mol. The van der Waals surface area contributed by atoms with Crippen LogP contribution in [0.4, 0.5) is 5.69 Å². The van der Waals surface area contributed by atoms with Crippen molar-refractivity contribution in [2.45, 2.75) is 12.5 Å². The summed E-state index contributed by atoms with van der Waals surface area (Å²) < 4.78 is 10.3. The van der Waals surface area contributed by atoms with Crippen molar-refractivity contribution in [1.82, 2.24) is 5.32 Å². The molecule has 0 aliphatic carbocycles. The Balaban J connectivity index is 2.68. The fourth-order valence-corrected chi connectivity index (χ4v) is 1.47. The second-order valence-electron chi connectivity index (χ2n) is 3.70. The first kappa shape index (κ1) is 14.7.